The Morgan fingerprint density at radius 1 is 0.933 bits per heavy atom. The van der Waals surface area contributed by atoms with E-state index in [0.29, 0.717) is 0 Å². The van der Waals surface area contributed by atoms with Gasteiger partial charge in [0.1, 0.15) is 11.5 Å². The van der Waals surface area contributed by atoms with Crippen LogP contribution in [0.2, 0.25) is 0 Å². The molecule has 5 aromatic rings. The van der Waals surface area contributed by atoms with Crippen LogP contribution < -0.4 is 0 Å². The quantitative estimate of drug-likeness (QED) is 0.439. The molecule has 0 bridgehead atoms. The molecule has 1 aromatic carbocycles. The van der Waals surface area contributed by atoms with E-state index in [9.17, 15) is 0 Å². The number of likely N-dealkylation sites (N-methyl/N-ethyl adjacent to an activating group) is 1. The van der Waals surface area contributed by atoms with Crippen molar-refractivity contribution in [3.05, 3.63) is 72.2 Å². The van der Waals surface area contributed by atoms with Crippen molar-refractivity contribution in [2.75, 3.05) is 20.6 Å². The zero-order valence-corrected chi connectivity index (χ0v) is 17.5. The Balaban J connectivity index is 1.66. The molecule has 7 nitrogen and oxygen atoms in total. The first kappa shape index (κ1) is 18.6. The molecular weight excluding hydrogens is 374 g/mol. The Bertz CT molecular complexity index is 1310. The molecule has 7 heteroatoms. The maximum absolute atomic E-state index is 4.87. The molecule has 0 unspecified atom stereocenters. The molecule has 0 amide bonds. The van der Waals surface area contributed by atoms with Crippen molar-refractivity contribution in [3.63, 3.8) is 0 Å². The molecule has 0 aliphatic heterocycles. The Labute approximate surface area is 175 Å². The first-order chi connectivity index (χ1) is 14.6. The molecule has 30 heavy (non-hydrogen) atoms. The summed E-state index contributed by atoms with van der Waals surface area (Å²) in [6.45, 7) is 4.58. The van der Waals surface area contributed by atoms with Gasteiger partial charge in [0.15, 0.2) is 5.65 Å². The van der Waals surface area contributed by atoms with Crippen LogP contribution in [0.25, 0.3) is 28.1 Å². The maximum atomic E-state index is 4.87. The number of fused-ring (bicyclic) bond motifs is 3. The van der Waals surface area contributed by atoms with Crippen molar-refractivity contribution >= 4 is 16.7 Å². The second-order valence-electron chi connectivity index (χ2n) is 7.91. The molecular formula is C23H25N7. The van der Waals surface area contributed by atoms with Gasteiger partial charge in [-0.2, -0.15) is 5.10 Å². The van der Waals surface area contributed by atoms with Crippen LogP contribution in [0.3, 0.4) is 0 Å². The van der Waals surface area contributed by atoms with Gasteiger partial charge in [0.2, 0.25) is 0 Å². The van der Waals surface area contributed by atoms with Crippen LogP contribution in [-0.2, 0) is 13.1 Å². The molecule has 0 saturated carbocycles. The predicted molar refractivity (Wildman–Crippen MR) is 119 cm³/mol. The summed E-state index contributed by atoms with van der Waals surface area (Å²) in [4.78, 5) is 2.17. The molecule has 0 saturated heterocycles. The second-order valence-corrected chi connectivity index (χ2v) is 7.91. The number of benzene rings is 1. The summed E-state index contributed by atoms with van der Waals surface area (Å²) >= 11 is 0. The fourth-order valence-corrected chi connectivity index (χ4v) is 3.92. The SMILES string of the molecule is Cc1nnc2ccc3c(cc(-c4ccn(CCN(C)C)n4)n3Cc3ccccc3)n12. The minimum atomic E-state index is 0.775. The van der Waals surface area contributed by atoms with Gasteiger partial charge in [0.25, 0.3) is 0 Å². The molecule has 0 spiro atoms. The Kier molecular flexibility index (Phi) is 4.59. The van der Waals surface area contributed by atoms with E-state index >= 15 is 0 Å². The molecule has 152 valence electrons. The van der Waals surface area contributed by atoms with E-state index in [1.165, 1.54) is 5.56 Å². The summed E-state index contributed by atoms with van der Waals surface area (Å²) in [6, 6.07) is 19.0. The number of pyridine rings is 1. The van der Waals surface area contributed by atoms with Crippen LogP contribution in [0.5, 0.6) is 0 Å². The van der Waals surface area contributed by atoms with E-state index in [2.05, 4.69) is 92.9 Å². The standard InChI is InChI=1S/C23H25N7/c1-17-24-25-23-10-9-20-22(30(17)23)15-21(29(20)16-18-7-5-4-6-8-18)19-11-12-28(26-19)14-13-27(2)3/h4-12,15H,13-14,16H2,1-3H3. The molecule has 0 aliphatic carbocycles. The third-order valence-electron chi connectivity index (χ3n) is 5.46. The van der Waals surface area contributed by atoms with Gasteiger partial charge < -0.3 is 9.47 Å². The van der Waals surface area contributed by atoms with E-state index in [1.54, 1.807) is 0 Å². The van der Waals surface area contributed by atoms with Gasteiger partial charge in [-0.25, -0.2) is 0 Å². The lowest BCUT2D eigenvalue weighted by molar-refractivity contribution is 0.373. The van der Waals surface area contributed by atoms with E-state index in [4.69, 9.17) is 5.10 Å². The van der Waals surface area contributed by atoms with Crippen LogP contribution in [0.4, 0.5) is 0 Å². The third kappa shape index (κ3) is 3.27. The molecule has 0 radical (unpaired) electrons. The highest BCUT2D eigenvalue weighted by Crippen LogP contribution is 2.29. The maximum Gasteiger partial charge on any atom is 0.161 e. The van der Waals surface area contributed by atoms with Crippen LogP contribution >= 0.6 is 0 Å². The van der Waals surface area contributed by atoms with Crippen LogP contribution in [0.15, 0.2) is 60.8 Å². The van der Waals surface area contributed by atoms with Crippen molar-refractivity contribution < 1.29 is 0 Å². The van der Waals surface area contributed by atoms with Crippen molar-refractivity contribution in [1.82, 2.24) is 33.8 Å². The van der Waals surface area contributed by atoms with Gasteiger partial charge >= 0.3 is 0 Å². The van der Waals surface area contributed by atoms with Crippen LogP contribution in [-0.4, -0.2) is 54.5 Å². The van der Waals surface area contributed by atoms with E-state index in [0.717, 1.165) is 53.5 Å². The zero-order valence-electron chi connectivity index (χ0n) is 17.5. The van der Waals surface area contributed by atoms with Crippen molar-refractivity contribution in [3.8, 4) is 11.4 Å². The predicted octanol–water partition coefficient (Wildman–Crippen LogP) is 3.47. The fraction of sp³-hybridized carbons (Fsp3) is 0.261. The van der Waals surface area contributed by atoms with Gasteiger partial charge in [-0.05, 0) is 50.8 Å². The first-order valence-electron chi connectivity index (χ1n) is 10.2. The summed E-state index contributed by atoms with van der Waals surface area (Å²) in [5, 5.41) is 13.4. The summed E-state index contributed by atoms with van der Waals surface area (Å²) in [6.07, 6.45) is 2.06. The van der Waals surface area contributed by atoms with Crippen molar-refractivity contribution in [2.24, 2.45) is 0 Å². The summed E-state index contributed by atoms with van der Waals surface area (Å²) in [5.74, 6) is 0.885. The topological polar surface area (TPSA) is 56.2 Å². The van der Waals surface area contributed by atoms with Crippen molar-refractivity contribution in [2.45, 2.75) is 20.0 Å². The molecule has 4 heterocycles. The number of hydrogen-bond donors (Lipinski definition) is 0. The van der Waals surface area contributed by atoms with Gasteiger partial charge in [0.05, 0.1) is 23.3 Å². The number of nitrogens with zero attached hydrogens (tertiary/aromatic N) is 7. The highest BCUT2D eigenvalue weighted by molar-refractivity contribution is 5.86. The molecule has 0 aliphatic rings. The Hall–Kier alpha value is -3.45. The summed E-state index contributed by atoms with van der Waals surface area (Å²) in [7, 11) is 4.16. The Morgan fingerprint density at radius 2 is 1.77 bits per heavy atom. The molecule has 0 fully saturated rings. The van der Waals surface area contributed by atoms with Gasteiger partial charge in [-0.15, -0.1) is 10.2 Å². The number of aromatic nitrogens is 6. The largest absolute Gasteiger partial charge is 0.333 e. The monoisotopic (exact) mass is 399 g/mol. The van der Waals surface area contributed by atoms with Crippen LogP contribution in [0, 0.1) is 6.92 Å². The van der Waals surface area contributed by atoms with E-state index in [-0.39, 0.29) is 0 Å². The first-order valence-corrected chi connectivity index (χ1v) is 10.2. The fourth-order valence-electron chi connectivity index (χ4n) is 3.92. The lowest BCUT2D eigenvalue weighted by Crippen LogP contribution is -2.18. The van der Waals surface area contributed by atoms with Gasteiger partial charge in [-0.3, -0.25) is 9.08 Å². The normalized spacial score (nSPS) is 11.9. The average molecular weight is 400 g/mol. The second kappa shape index (κ2) is 7.42. The van der Waals surface area contributed by atoms with Crippen LogP contribution in [0.1, 0.15) is 11.4 Å². The van der Waals surface area contributed by atoms with Crippen molar-refractivity contribution in [1.29, 1.82) is 0 Å². The van der Waals surface area contributed by atoms with Gasteiger partial charge in [0, 0.05) is 19.3 Å². The number of aryl methyl sites for hydroxylation is 1. The average Bonchev–Trinajstić information content (AvgIpc) is 3.45. The minimum absolute atomic E-state index is 0.775. The zero-order chi connectivity index (χ0) is 20.7. The molecule has 0 N–H and O–H groups in total. The lowest BCUT2D eigenvalue weighted by Gasteiger charge is -2.11. The molecule has 5 rings (SSSR count). The third-order valence-corrected chi connectivity index (χ3v) is 5.46. The van der Waals surface area contributed by atoms with E-state index < -0.39 is 0 Å². The Morgan fingerprint density at radius 3 is 2.57 bits per heavy atom. The summed E-state index contributed by atoms with van der Waals surface area (Å²) < 4.78 is 6.46. The van der Waals surface area contributed by atoms with Gasteiger partial charge in [-0.1, -0.05) is 30.3 Å². The minimum Gasteiger partial charge on any atom is -0.333 e. The van der Waals surface area contributed by atoms with E-state index in [1.807, 2.05) is 17.7 Å². The highest BCUT2D eigenvalue weighted by Gasteiger charge is 2.17. The summed E-state index contributed by atoms with van der Waals surface area (Å²) in [5.41, 5.74) is 6.43. The number of hydrogen-bond acceptors (Lipinski definition) is 4. The molecule has 0 atom stereocenters. The number of rotatable bonds is 6. The lowest BCUT2D eigenvalue weighted by atomic mass is 10.2. The molecule has 4 aromatic heterocycles. The highest BCUT2D eigenvalue weighted by atomic mass is 15.3. The smallest absolute Gasteiger partial charge is 0.161 e.